The Morgan fingerprint density at radius 3 is 2.55 bits per heavy atom. The maximum Gasteiger partial charge on any atom is 0.206 e. The first-order valence-corrected chi connectivity index (χ1v) is 7.12. The van der Waals surface area contributed by atoms with Crippen molar-refractivity contribution in [1.82, 2.24) is 0 Å². The molecule has 108 valence electrons. The van der Waals surface area contributed by atoms with Crippen LogP contribution in [0, 0.1) is 24.8 Å². The van der Waals surface area contributed by atoms with E-state index in [0.717, 1.165) is 17.1 Å². The van der Waals surface area contributed by atoms with Gasteiger partial charge in [-0.2, -0.15) is 5.26 Å². The van der Waals surface area contributed by atoms with Crippen LogP contribution in [-0.4, -0.2) is 13.2 Å². The van der Waals surface area contributed by atoms with Crippen LogP contribution in [0.2, 0.25) is 0 Å². The van der Waals surface area contributed by atoms with E-state index >= 15 is 0 Å². The average Bonchev–Trinajstić information content (AvgIpc) is 2.79. The van der Waals surface area contributed by atoms with Crippen LogP contribution in [-0.2, 0) is 0 Å². The molecule has 4 heteroatoms. The maximum absolute atomic E-state index is 9.49. The van der Waals surface area contributed by atoms with Gasteiger partial charge in [0.05, 0.1) is 29.6 Å². The number of fused-ring (bicyclic) bond motifs is 1. The van der Waals surface area contributed by atoms with E-state index in [0.29, 0.717) is 11.3 Å². The molecule has 0 amide bonds. The molecule has 22 heavy (non-hydrogen) atoms. The van der Waals surface area contributed by atoms with Gasteiger partial charge in [-0.3, -0.25) is 0 Å². The molecule has 0 fully saturated rings. The van der Waals surface area contributed by atoms with E-state index in [1.54, 1.807) is 6.07 Å². The standard InChI is InChI=1S/C18H16N4/c1-12-7-5-6-8-16(12)22-13(2)21(4)18-14(11-19)15(20-3)9-10-17(18)22/h5-10,13H,1-2,4H3/t13-/m0/s1. The highest BCUT2D eigenvalue weighted by Crippen LogP contribution is 2.48. The van der Waals surface area contributed by atoms with Crippen LogP contribution in [0.1, 0.15) is 18.1 Å². The molecule has 1 aliphatic rings. The molecule has 0 bridgehead atoms. The summed E-state index contributed by atoms with van der Waals surface area (Å²) in [5, 5.41) is 9.49. The van der Waals surface area contributed by atoms with Gasteiger partial charge in [0.15, 0.2) is 0 Å². The van der Waals surface area contributed by atoms with E-state index in [-0.39, 0.29) is 6.17 Å². The zero-order valence-corrected chi connectivity index (χ0v) is 12.8. The Bertz CT molecular complexity index is 826. The number of benzene rings is 2. The summed E-state index contributed by atoms with van der Waals surface area (Å²) >= 11 is 0. The second-order valence-corrected chi connectivity index (χ2v) is 5.45. The van der Waals surface area contributed by atoms with Crippen molar-refractivity contribution in [3.05, 3.63) is 58.9 Å². The van der Waals surface area contributed by atoms with Gasteiger partial charge in [0, 0.05) is 12.7 Å². The largest absolute Gasteiger partial charge is 0.352 e. The molecule has 0 N–H and O–H groups in total. The van der Waals surface area contributed by atoms with Gasteiger partial charge in [0.1, 0.15) is 6.17 Å². The van der Waals surface area contributed by atoms with Crippen molar-refractivity contribution in [1.29, 1.82) is 5.26 Å². The monoisotopic (exact) mass is 288 g/mol. The van der Waals surface area contributed by atoms with Crippen molar-refractivity contribution in [3.63, 3.8) is 0 Å². The Morgan fingerprint density at radius 2 is 1.91 bits per heavy atom. The molecule has 0 unspecified atom stereocenters. The third-order valence-corrected chi connectivity index (χ3v) is 4.29. The number of nitrogens with zero attached hydrogens (tertiary/aromatic N) is 4. The summed E-state index contributed by atoms with van der Waals surface area (Å²) in [7, 11) is 1.97. The molecule has 0 aliphatic carbocycles. The van der Waals surface area contributed by atoms with Crippen LogP contribution < -0.4 is 9.80 Å². The molecular weight excluding hydrogens is 272 g/mol. The summed E-state index contributed by atoms with van der Waals surface area (Å²) in [4.78, 5) is 7.76. The lowest BCUT2D eigenvalue weighted by Crippen LogP contribution is -2.36. The first-order chi connectivity index (χ1) is 10.6. The molecule has 0 saturated carbocycles. The average molecular weight is 288 g/mol. The predicted octanol–water partition coefficient (Wildman–Crippen LogP) is 4.35. The zero-order chi connectivity index (χ0) is 15.9. The van der Waals surface area contributed by atoms with Gasteiger partial charge in [-0.05, 0) is 31.5 Å². The molecule has 4 nitrogen and oxygen atoms in total. The molecular formula is C18H16N4. The van der Waals surface area contributed by atoms with Crippen LogP contribution in [0.5, 0.6) is 0 Å². The highest BCUT2D eigenvalue weighted by Gasteiger charge is 2.34. The Labute approximate surface area is 130 Å². The van der Waals surface area contributed by atoms with Gasteiger partial charge in [-0.1, -0.05) is 24.3 Å². The number of anilines is 3. The van der Waals surface area contributed by atoms with Crippen molar-refractivity contribution < 1.29 is 0 Å². The smallest absolute Gasteiger partial charge is 0.206 e. The van der Waals surface area contributed by atoms with Gasteiger partial charge in [0.2, 0.25) is 5.69 Å². The Balaban J connectivity index is 2.27. The maximum atomic E-state index is 9.49. The summed E-state index contributed by atoms with van der Waals surface area (Å²) in [5.74, 6) is 0. The summed E-state index contributed by atoms with van der Waals surface area (Å²) in [6.45, 7) is 11.4. The lowest BCUT2D eigenvalue weighted by Gasteiger charge is -2.29. The highest BCUT2D eigenvalue weighted by atomic mass is 15.4. The third-order valence-electron chi connectivity index (χ3n) is 4.29. The van der Waals surface area contributed by atoms with Crippen molar-refractivity contribution in [3.8, 4) is 6.07 Å². The van der Waals surface area contributed by atoms with Crippen molar-refractivity contribution >= 4 is 22.7 Å². The Morgan fingerprint density at radius 1 is 1.18 bits per heavy atom. The Kier molecular flexibility index (Phi) is 3.23. The molecule has 2 aromatic carbocycles. The molecule has 0 aromatic heterocycles. The van der Waals surface area contributed by atoms with E-state index in [2.05, 4.69) is 46.7 Å². The van der Waals surface area contributed by atoms with E-state index in [9.17, 15) is 5.26 Å². The van der Waals surface area contributed by atoms with E-state index in [1.807, 2.05) is 25.2 Å². The molecule has 1 aliphatic heterocycles. The van der Waals surface area contributed by atoms with Gasteiger partial charge >= 0.3 is 0 Å². The summed E-state index contributed by atoms with van der Waals surface area (Å²) in [6, 6.07) is 14.1. The SMILES string of the molecule is [C-]#[N+]c1ccc2c(c1C#N)N(C)[C@H](C)N2c1ccccc1C. The fourth-order valence-electron chi connectivity index (χ4n) is 3.05. The minimum atomic E-state index is 0.0872. The number of para-hydroxylation sites is 1. The van der Waals surface area contributed by atoms with Gasteiger partial charge in [-0.15, -0.1) is 0 Å². The quantitative estimate of drug-likeness (QED) is 0.732. The summed E-state index contributed by atoms with van der Waals surface area (Å²) in [5.41, 5.74) is 4.99. The van der Waals surface area contributed by atoms with Crippen molar-refractivity contribution in [2.24, 2.45) is 0 Å². The van der Waals surface area contributed by atoms with Gasteiger partial charge < -0.3 is 9.80 Å². The van der Waals surface area contributed by atoms with E-state index in [4.69, 9.17) is 6.57 Å². The number of aryl methyl sites for hydroxylation is 1. The van der Waals surface area contributed by atoms with Crippen molar-refractivity contribution in [2.75, 3.05) is 16.8 Å². The number of hydrogen-bond acceptors (Lipinski definition) is 3. The highest BCUT2D eigenvalue weighted by molar-refractivity contribution is 5.91. The molecule has 1 heterocycles. The molecule has 0 saturated heterocycles. The lowest BCUT2D eigenvalue weighted by atomic mass is 10.1. The topological polar surface area (TPSA) is 34.6 Å². The van der Waals surface area contributed by atoms with E-state index < -0.39 is 0 Å². The Hall–Kier alpha value is -2.98. The first kappa shape index (κ1) is 14.0. The first-order valence-electron chi connectivity index (χ1n) is 7.12. The number of hydrogen-bond donors (Lipinski definition) is 0. The van der Waals surface area contributed by atoms with Crippen LogP contribution in [0.3, 0.4) is 0 Å². The molecule has 3 rings (SSSR count). The van der Waals surface area contributed by atoms with Crippen LogP contribution >= 0.6 is 0 Å². The van der Waals surface area contributed by atoms with E-state index in [1.165, 1.54) is 5.56 Å². The molecule has 2 aromatic rings. The predicted molar refractivity (Wildman–Crippen MR) is 88.6 cm³/mol. The van der Waals surface area contributed by atoms with Crippen LogP contribution in [0.15, 0.2) is 36.4 Å². The zero-order valence-electron chi connectivity index (χ0n) is 12.8. The van der Waals surface area contributed by atoms with Gasteiger partial charge in [0.25, 0.3) is 0 Å². The lowest BCUT2D eigenvalue weighted by molar-refractivity contribution is 0.732. The normalized spacial score (nSPS) is 16.1. The minimum absolute atomic E-state index is 0.0872. The molecule has 0 radical (unpaired) electrons. The number of rotatable bonds is 1. The number of nitriles is 1. The fraction of sp³-hybridized carbons (Fsp3) is 0.222. The summed E-state index contributed by atoms with van der Waals surface area (Å²) < 4.78 is 0. The third kappa shape index (κ3) is 1.82. The molecule has 0 spiro atoms. The van der Waals surface area contributed by atoms with Gasteiger partial charge in [-0.25, -0.2) is 4.85 Å². The second kappa shape index (κ2) is 5.09. The van der Waals surface area contributed by atoms with Crippen molar-refractivity contribution in [2.45, 2.75) is 20.0 Å². The fourth-order valence-corrected chi connectivity index (χ4v) is 3.05. The van der Waals surface area contributed by atoms with Crippen LogP contribution in [0.4, 0.5) is 22.7 Å². The minimum Gasteiger partial charge on any atom is -0.352 e. The summed E-state index contributed by atoms with van der Waals surface area (Å²) in [6.07, 6.45) is 0.0872. The van der Waals surface area contributed by atoms with Crippen LogP contribution in [0.25, 0.3) is 4.85 Å². The second-order valence-electron chi connectivity index (χ2n) is 5.45. The molecule has 1 atom stereocenters.